The predicted molar refractivity (Wildman–Crippen MR) is 100 cm³/mol. The quantitative estimate of drug-likeness (QED) is 0.593. The van der Waals surface area contributed by atoms with Crippen molar-refractivity contribution in [2.75, 3.05) is 20.8 Å². The molecule has 1 aliphatic heterocycles. The molecule has 0 saturated carbocycles. The van der Waals surface area contributed by atoms with E-state index in [9.17, 15) is 9.59 Å². The first-order valence-corrected chi connectivity index (χ1v) is 9.11. The van der Waals surface area contributed by atoms with Gasteiger partial charge in [-0.3, -0.25) is 4.79 Å². The van der Waals surface area contributed by atoms with Crippen LogP contribution in [0.3, 0.4) is 0 Å². The van der Waals surface area contributed by atoms with E-state index in [4.69, 9.17) is 37.4 Å². The molecule has 1 aliphatic carbocycles. The zero-order valence-corrected chi connectivity index (χ0v) is 16.3. The fraction of sp³-hybridized carbons (Fsp3) is 0.368. The molecule has 1 aromatic carbocycles. The van der Waals surface area contributed by atoms with Gasteiger partial charge in [0.05, 0.1) is 40.5 Å². The number of esters is 1. The number of nitrogens with one attached hydrogen (secondary N) is 1. The summed E-state index contributed by atoms with van der Waals surface area (Å²) in [6, 6.07) is 4.89. The summed E-state index contributed by atoms with van der Waals surface area (Å²) >= 11 is 12.2. The van der Waals surface area contributed by atoms with Crippen LogP contribution in [0.1, 0.15) is 16.8 Å². The van der Waals surface area contributed by atoms with Crippen LogP contribution in [0.15, 0.2) is 41.7 Å². The minimum Gasteiger partial charge on any atom is -0.471 e. The van der Waals surface area contributed by atoms with E-state index in [1.807, 2.05) is 6.08 Å². The highest BCUT2D eigenvalue weighted by atomic mass is 35.5. The Labute approximate surface area is 167 Å². The molecule has 144 valence electrons. The number of methoxy groups -OCH3 is 2. The van der Waals surface area contributed by atoms with Crippen LogP contribution in [-0.4, -0.2) is 38.9 Å². The molecule has 2 aliphatic rings. The Morgan fingerprint density at radius 3 is 2.59 bits per heavy atom. The Morgan fingerprint density at radius 1 is 1.26 bits per heavy atom. The van der Waals surface area contributed by atoms with E-state index in [-0.39, 0.29) is 39.9 Å². The standard InChI is InChI=1S/C19H19Cl2NO5/c1-25-18(24)12-9-27-19(26-2)15-10(6-7-11(12)15)8-22-17(23)16-13(20)4-3-5-14(16)21/h3-6,9,11,15,19H,7-8H2,1-2H3,(H,22,23)/t11-,15-,19-/m1/s1. The van der Waals surface area contributed by atoms with Crippen molar-refractivity contribution in [3.05, 3.63) is 57.3 Å². The third-order valence-corrected chi connectivity index (χ3v) is 5.44. The summed E-state index contributed by atoms with van der Waals surface area (Å²) in [5, 5.41) is 3.40. The molecule has 0 spiro atoms. The smallest absolute Gasteiger partial charge is 0.337 e. The van der Waals surface area contributed by atoms with Crippen LogP contribution in [0.5, 0.6) is 0 Å². The maximum absolute atomic E-state index is 12.5. The zero-order valence-electron chi connectivity index (χ0n) is 14.8. The highest BCUT2D eigenvalue weighted by molar-refractivity contribution is 6.39. The molecule has 3 rings (SSSR count). The normalized spacial score (nSPS) is 23.6. The second kappa shape index (κ2) is 8.33. The maximum Gasteiger partial charge on any atom is 0.337 e. The van der Waals surface area contributed by atoms with Crippen LogP contribution in [0.4, 0.5) is 0 Å². The molecule has 8 heteroatoms. The number of rotatable bonds is 5. The lowest BCUT2D eigenvalue weighted by molar-refractivity contribution is -0.146. The molecule has 0 radical (unpaired) electrons. The number of amides is 1. The number of hydrogen-bond acceptors (Lipinski definition) is 5. The number of hydrogen-bond donors (Lipinski definition) is 1. The van der Waals surface area contributed by atoms with E-state index >= 15 is 0 Å². The number of carbonyl (C=O) groups excluding carboxylic acids is 2. The molecule has 6 nitrogen and oxygen atoms in total. The summed E-state index contributed by atoms with van der Waals surface area (Å²) in [6.07, 6.45) is 3.48. The summed E-state index contributed by atoms with van der Waals surface area (Å²) in [7, 11) is 2.87. The second-order valence-corrected chi connectivity index (χ2v) is 7.05. The molecule has 3 atom stereocenters. The molecule has 0 saturated heterocycles. The lowest BCUT2D eigenvalue weighted by Crippen LogP contribution is -2.39. The Kier molecular flexibility index (Phi) is 6.09. The molecule has 1 N–H and O–H groups in total. The fourth-order valence-corrected chi connectivity index (χ4v) is 4.08. The number of benzene rings is 1. The van der Waals surface area contributed by atoms with Gasteiger partial charge in [0.2, 0.25) is 6.29 Å². The van der Waals surface area contributed by atoms with Crippen LogP contribution in [0.25, 0.3) is 0 Å². The first-order valence-electron chi connectivity index (χ1n) is 8.35. The minimum absolute atomic E-state index is 0.119. The Hall–Kier alpha value is -2.02. The summed E-state index contributed by atoms with van der Waals surface area (Å²) in [5.41, 5.74) is 1.61. The molecule has 27 heavy (non-hydrogen) atoms. The fourth-order valence-electron chi connectivity index (χ4n) is 3.51. The number of allylic oxidation sites excluding steroid dienone is 1. The van der Waals surface area contributed by atoms with Crippen molar-refractivity contribution >= 4 is 35.1 Å². The molecule has 0 unspecified atom stereocenters. The maximum atomic E-state index is 12.5. The Morgan fingerprint density at radius 2 is 1.96 bits per heavy atom. The van der Waals surface area contributed by atoms with Crippen molar-refractivity contribution in [1.82, 2.24) is 5.32 Å². The SMILES string of the molecule is COC(=O)C1=CO[C@@H](OC)[C@@H]2C(CNC(=O)c3c(Cl)cccc3Cl)=CC[C@H]12. The highest BCUT2D eigenvalue weighted by Crippen LogP contribution is 2.43. The first-order chi connectivity index (χ1) is 13.0. The minimum atomic E-state index is -0.544. The Balaban J connectivity index is 1.74. The average Bonchev–Trinajstić information content (AvgIpc) is 3.09. The molecular formula is C19H19Cl2NO5. The largest absolute Gasteiger partial charge is 0.471 e. The molecule has 0 fully saturated rings. The molecule has 1 aromatic rings. The van der Waals surface area contributed by atoms with Gasteiger partial charge in [-0.25, -0.2) is 4.79 Å². The number of ether oxygens (including phenoxy) is 3. The highest BCUT2D eigenvalue weighted by Gasteiger charge is 2.44. The van der Waals surface area contributed by atoms with Gasteiger partial charge in [0, 0.05) is 19.6 Å². The third-order valence-electron chi connectivity index (χ3n) is 4.81. The predicted octanol–water partition coefficient (Wildman–Crippen LogP) is 3.35. The number of fused-ring (bicyclic) bond motifs is 1. The monoisotopic (exact) mass is 411 g/mol. The van der Waals surface area contributed by atoms with Crippen molar-refractivity contribution in [2.45, 2.75) is 12.7 Å². The molecule has 1 heterocycles. The van der Waals surface area contributed by atoms with Crippen LogP contribution < -0.4 is 5.32 Å². The van der Waals surface area contributed by atoms with Crippen LogP contribution in [-0.2, 0) is 19.0 Å². The molecule has 0 bridgehead atoms. The Bertz CT molecular complexity index is 800. The van der Waals surface area contributed by atoms with Crippen molar-refractivity contribution in [3.63, 3.8) is 0 Å². The third kappa shape index (κ3) is 3.83. The number of halogens is 2. The van der Waals surface area contributed by atoms with E-state index in [2.05, 4.69) is 5.32 Å². The van der Waals surface area contributed by atoms with Crippen LogP contribution in [0.2, 0.25) is 10.0 Å². The summed E-state index contributed by atoms with van der Waals surface area (Å²) in [5.74, 6) is -1.12. The van der Waals surface area contributed by atoms with Crippen molar-refractivity contribution in [2.24, 2.45) is 11.8 Å². The van der Waals surface area contributed by atoms with Crippen LogP contribution >= 0.6 is 23.2 Å². The van der Waals surface area contributed by atoms with Gasteiger partial charge in [0.15, 0.2) is 0 Å². The van der Waals surface area contributed by atoms with Gasteiger partial charge in [-0.2, -0.15) is 0 Å². The second-order valence-electron chi connectivity index (χ2n) is 6.23. The van der Waals surface area contributed by atoms with Gasteiger partial charge < -0.3 is 19.5 Å². The van der Waals surface area contributed by atoms with Gasteiger partial charge >= 0.3 is 5.97 Å². The summed E-state index contributed by atoms with van der Waals surface area (Å²) in [4.78, 5) is 24.5. The van der Waals surface area contributed by atoms with Crippen molar-refractivity contribution < 1.29 is 23.8 Å². The lowest BCUT2D eigenvalue weighted by atomic mass is 9.83. The van der Waals surface area contributed by atoms with Gasteiger partial charge in [-0.15, -0.1) is 0 Å². The van der Waals surface area contributed by atoms with Gasteiger partial charge in [-0.1, -0.05) is 35.3 Å². The van der Waals surface area contributed by atoms with E-state index in [1.165, 1.54) is 20.5 Å². The lowest BCUT2D eigenvalue weighted by Gasteiger charge is -2.34. The molecule has 0 aromatic heterocycles. The van der Waals surface area contributed by atoms with Gasteiger partial charge in [-0.05, 0) is 24.1 Å². The molecule has 1 amide bonds. The van der Waals surface area contributed by atoms with E-state index in [1.54, 1.807) is 18.2 Å². The molecular weight excluding hydrogens is 393 g/mol. The topological polar surface area (TPSA) is 73.9 Å². The first kappa shape index (κ1) is 19.7. The van der Waals surface area contributed by atoms with E-state index < -0.39 is 12.3 Å². The van der Waals surface area contributed by atoms with Crippen molar-refractivity contribution in [3.8, 4) is 0 Å². The van der Waals surface area contributed by atoms with E-state index in [0.29, 0.717) is 12.0 Å². The number of carbonyl (C=O) groups is 2. The van der Waals surface area contributed by atoms with Crippen LogP contribution in [0, 0.1) is 11.8 Å². The zero-order chi connectivity index (χ0) is 19.6. The van der Waals surface area contributed by atoms with E-state index in [0.717, 1.165) is 5.57 Å². The average molecular weight is 412 g/mol. The van der Waals surface area contributed by atoms with Crippen molar-refractivity contribution in [1.29, 1.82) is 0 Å². The summed E-state index contributed by atoms with van der Waals surface area (Å²) in [6.45, 7) is 0.263. The van der Waals surface area contributed by atoms with Gasteiger partial charge in [0.25, 0.3) is 5.91 Å². The summed E-state index contributed by atoms with van der Waals surface area (Å²) < 4.78 is 15.8. The van der Waals surface area contributed by atoms with Gasteiger partial charge in [0.1, 0.15) is 0 Å².